The van der Waals surface area contributed by atoms with Gasteiger partial charge in [-0.2, -0.15) is 0 Å². The van der Waals surface area contributed by atoms with E-state index in [0.717, 1.165) is 36.3 Å². The summed E-state index contributed by atoms with van der Waals surface area (Å²) in [5.74, 6) is 1.39. The fourth-order valence-electron chi connectivity index (χ4n) is 2.95. The van der Waals surface area contributed by atoms with Gasteiger partial charge >= 0.3 is 0 Å². The number of anilines is 1. The molecule has 0 radical (unpaired) electrons. The number of para-hydroxylation sites is 1. The van der Waals surface area contributed by atoms with Crippen LogP contribution in [0.5, 0.6) is 0 Å². The van der Waals surface area contributed by atoms with Crippen LogP contribution in [0.1, 0.15) is 27.2 Å². The molecule has 0 spiro atoms. The molecule has 1 unspecified atom stereocenters. The van der Waals surface area contributed by atoms with Gasteiger partial charge in [0.2, 0.25) is 11.9 Å². The number of nitrogens with zero attached hydrogens (tertiary/aromatic N) is 4. The first-order chi connectivity index (χ1) is 13.6. The van der Waals surface area contributed by atoms with Gasteiger partial charge in [-0.1, -0.05) is 43.8 Å². The van der Waals surface area contributed by atoms with Crippen molar-refractivity contribution in [2.75, 3.05) is 37.7 Å². The zero-order chi connectivity index (χ0) is 19.9. The lowest BCUT2D eigenvalue weighted by Gasteiger charge is -2.28. The van der Waals surface area contributed by atoms with E-state index in [1.165, 1.54) is 11.8 Å². The van der Waals surface area contributed by atoms with Crippen molar-refractivity contribution in [1.29, 1.82) is 0 Å². The first-order valence-electron chi connectivity index (χ1n) is 9.84. The Morgan fingerprint density at radius 1 is 1.18 bits per heavy atom. The van der Waals surface area contributed by atoms with Crippen molar-refractivity contribution in [3.8, 4) is 5.69 Å². The Morgan fingerprint density at radius 3 is 2.57 bits per heavy atom. The summed E-state index contributed by atoms with van der Waals surface area (Å²) < 4.78 is 7.50. The van der Waals surface area contributed by atoms with Gasteiger partial charge in [-0.05, 0) is 31.4 Å². The van der Waals surface area contributed by atoms with Crippen LogP contribution in [0.3, 0.4) is 0 Å². The van der Waals surface area contributed by atoms with Crippen molar-refractivity contribution >= 4 is 23.6 Å². The van der Waals surface area contributed by atoms with E-state index in [1.54, 1.807) is 0 Å². The highest BCUT2D eigenvalue weighted by Crippen LogP contribution is 2.29. The van der Waals surface area contributed by atoms with Gasteiger partial charge in [0.05, 0.1) is 24.2 Å². The fourth-order valence-corrected chi connectivity index (χ4v) is 3.84. The molecule has 1 fully saturated rings. The molecule has 0 bridgehead atoms. The third-order valence-corrected chi connectivity index (χ3v) is 5.64. The van der Waals surface area contributed by atoms with Gasteiger partial charge in [0, 0.05) is 19.6 Å². The molecular formula is C20H29N5O2S. The zero-order valence-electron chi connectivity index (χ0n) is 16.8. The van der Waals surface area contributed by atoms with Gasteiger partial charge in [-0.15, -0.1) is 10.2 Å². The Kier molecular flexibility index (Phi) is 7.33. The van der Waals surface area contributed by atoms with Crippen LogP contribution >= 0.6 is 11.8 Å². The van der Waals surface area contributed by atoms with Crippen molar-refractivity contribution in [3.05, 3.63) is 30.3 Å². The van der Waals surface area contributed by atoms with Crippen LogP contribution in [0.15, 0.2) is 35.5 Å². The Morgan fingerprint density at radius 2 is 1.89 bits per heavy atom. The van der Waals surface area contributed by atoms with E-state index in [0.29, 0.717) is 25.7 Å². The van der Waals surface area contributed by atoms with Gasteiger partial charge < -0.3 is 15.0 Å². The van der Waals surface area contributed by atoms with Crippen LogP contribution in [0.4, 0.5) is 5.95 Å². The van der Waals surface area contributed by atoms with Crippen LogP contribution in [0, 0.1) is 5.92 Å². The maximum absolute atomic E-state index is 12.5. The Hall–Kier alpha value is -2.06. The topological polar surface area (TPSA) is 72.3 Å². The average Bonchev–Trinajstić information content (AvgIpc) is 3.12. The average molecular weight is 404 g/mol. The summed E-state index contributed by atoms with van der Waals surface area (Å²) in [6, 6.07) is 10.0. The Bertz CT molecular complexity index is 759. The number of carbonyl (C=O) groups is 1. The number of carbonyl (C=O) groups excluding carboxylic acids is 1. The van der Waals surface area contributed by atoms with Crippen LogP contribution in [0.25, 0.3) is 5.69 Å². The second kappa shape index (κ2) is 9.93. The highest BCUT2D eigenvalue weighted by atomic mass is 32.2. The number of thioether (sulfide) groups is 1. The van der Waals surface area contributed by atoms with E-state index in [-0.39, 0.29) is 11.2 Å². The van der Waals surface area contributed by atoms with Gasteiger partial charge in [0.25, 0.3) is 0 Å². The second-order valence-electron chi connectivity index (χ2n) is 7.29. The van der Waals surface area contributed by atoms with Crippen LogP contribution in [-0.2, 0) is 9.53 Å². The molecule has 0 aliphatic carbocycles. The highest BCUT2D eigenvalue weighted by molar-refractivity contribution is 8.00. The monoisotopic (exact) mass is 403 g/mol. The third-order valence-electron chi connectivity index (χ3n) is 4.60. The normalized spacial score (nSPS) is 15.6. The second-order valence-corrected chi connectivity index (χ2v) is 8.59. The molecule has 1 amide bonds. The summed E-state index contributed by atoms with van der Waals surface area (Å²) in [4.78, 5) is 14.7. The number of rotatable bonds is 8. The number of benzene rings is 1. The lowest BCUT2D eigenvalue weighted by atomic mass is 10.1. The number of nitrogens with one attached hydrogen (secondary N) is 1. The van der Waals surface area contributed by atoms with Gasteiger partial charge in [0.1, 0.15) is 0 Å². The lowest BCUT2D eigenvalue weighted by molar-refractivity contribution is -0.120. The molecule has 28 heavy (non-hydrogen) atoms. The first-order valence-corrected chi connectivity index (χ1v) is 10.7. The quantitative estimate of drug-likeness (QED) is 0.684. The van der Waals surface area contributed by atoms with Crippen LogP contribution in [-0.4, -0.2) is 58.8 Å². The predicted octanol–water partition coefficient (Wildman–Crippen LogP) is 2.75. The molecule has 8 heteroatoms. The van der Waals surface area contributed by atoms with Crippen molar-refractivity contribution in [2.45, 2.75) is 37.6 Å². The van der Waals surface area contributed by atoms with Crippen molar-refractivity contribution in [3.63, 3.8) is 0 Å². The molecule has 1 aromatic carbocycles. The smallest absolute Gasteiger partial charge is 0.233 e. The predicted molar refractivity (Wildman–Crippen MR) is 112 cm³/mol. The first kappa shape index (κ1) is 20.7. The van der Waals surface area contributed by atoms with Crippen LogP contribution in [0.2, 0.25) is 0 Å². The van der Waals surface area contributed by atoms with Crippen molar-refractivity contribution in [2.24, 2.45) is 5.92 Å². The molecule has 7 nitrogen and oxygen atoms in total. The number of aromatic nitrogens is 3. The maximum Gasteiger partial charge on any atom is 0.233 e. The summed E-state index contributed by atoms with van der Waals surface area (Å²) in [6.45, 7) is 9.83. The highest BCUT2D eigenvalue weighted by Gasteiger charge is 2.24. The van der Waals surface area contributed by atoms with Crippen LogP contribution < -0.4 is 10.2 Å². The van der Waals surface area contributed by atoms with E-state index in [1.807, 2.05) is 41.8 Å². The standard InChI is InChI=1S/C20H29N5O2S/c1-15(2)9-10-21-18(26)16(3)28-20-23-22-19(24-11-13-27-14-12-24)25(20)17-7-5-4-6-8-17/h4-8,15-16H,9-14H2,1-3H3,(H,21,26). The molecule has 1 aromatic heterocycles. The van der Waals surface area contributed by atoms with Crippen molar-refractivity contribution in [1.82, 2.24) is 20.1 Å². The lowest BCUT2D eigenvalue weighted by Crippen LogP contribution is -2.38. The minimum atomic E-state index is -0.253. The molecule has 152 valence electrons. The van der Waals surface area contributed by atoms with E-state index in [2.05, 4.69) is 34.3 Å². The minimum absolute atomic E-state index is 0.0289. The SMILES string of the molecule is CC(C)CCNC(=O)C(C)Sc1nnc(N2CCOCC2)n1-c1ccccc1. The van der Waals surface area contributed by atoms with E-state index in [4.69, 9.17) is 4.74 Å². The summed E-state index contributed by atoms with van der Waals surface area (Å²) in [7, 11) is 0. The number of hydrogen-bond acceptors (Lipinski definition) is 6. The number of hydrogen-bond donors (Lipinski definition) is 1. The summed E-state index contributed by atoms with van der Waals surface area (Å²) >= 11 is 1.44. The maximum atomic E-state index is 12.5. The molecular weight excluding hydrogens is 374 g/mol. The van der Waals surface area contributed by atoms with E-state index in [9.17, 15) is 4.79 Å². The summed E-state index contributed by atoms with van der Waals surface area (Å²) in [5.41, 5.74) is 0.990. The third kappa shape index (κ3) is 5.26. The number of ether oxygens (including phenoxy) is 1. The summed E-state index contributed by atoms with van der Waals surface area (Å²) in [6.07, 6.45) is 0.977. The molecule has 3 rings (SSSR count). The number of amides is 1. The molecule has 1 atom stereocenters. The van der Waals surface area contributed by atoms with E-state index < -0.39 is 0 Å². The van der Waals surface area contributed by atoms with Gasteiger partial charge in [-0.25, -0.2) is 0 Å². The summed E-state index contributed by atoms with van der Waals surface area (Å²) in [5, 5.41) is 12.3. The number of morpholine rings is 1. The zero-order valence-corrected chi connectivity index (χ0v) is 17.6. The molecule has 2 heterocycles. The minimum Gasteiger partial charge on any atom is -0.378 e. The molecule has 1 N–H and O–H groups in total. The van der Waals surface area contributed by atoms with Gasteiger partial charge in [-0.3, -0.25) is 9.36 Å². The molecule has 1 saturated heterocycles. The van der Waals surface area contributed by atoms with Crippen molar-refractivity contribution < 1.29 is 9.53 Å². The Labute approximate surface area is 170 Å². The molecule has 1 aliphatic heterocycles. The fraction of sp³-hybridized carbons (Fsp3) is 0.550. The molecule has 1 aliphatic rings. The Balaban J connectivity index is 1.78. The van der Waals surface area contributed by atoms with E-state index >= 15 is 0 Å². The van der Waals surface area contributed by atoms with Gasteiger partial charge in [0.15, 0.2) is 5.16 Å². The molecule has 0 saturated carbocycles. The molecule has 2 aromatic rings. The largest absolute Gasteiger partial charge is 0.378 e.